The summed E-state index contributed by atoms with van der Waals surface area (Å²) in [6, 6.07) is 5.41. The number of piperidine rings is 1. The van der Waals surface area contributed by atoms with E-state index < -0.39 is 0 Å². The second-order valence-corrected chi connectivity index (χ2v) is 5.02. The predicted octanol–water partition coefficient (Wildman–Crippen LogP) is 0.928. The van der Waals surface area contributed by atoms with Gasteiger partial charge in [0.05, 0.1) is 5.56 Å². The van der Waals surface area contributed by atoms with E-state index in [1.807, 2.05) is 19.1 Å². The Kier molecular flexibility index (Phi) is 3.74. The van der Waals surface area contributed by atoms with Gasteiger partial charge in [0, 0.05) is 31.7 Å². The third kappa shape index (κ3) is 2.86. The number of nitrogens with two attached hydrogens (primary N) is 1. The number of nitrogens with one attached hydrogen (secondary N) is 1. The van der Waals surface area contributed by atoms with Crippen LogP contribution in [-0.4, -0.2) is 36.3 Å². The van der Waals surface area contributed by atoms with Gasteiger partial charge < -0.3 is 16.0 Å². The highest BCUT2D eigenvalue weighted by Gasteiger charge is 2.25. The minimum absolute atomic E-state index is 0.00536. The molecule has 1 atom stereocenters. The quantitative estimate of drug-likeness (QED) is 0.778. The smallest absolute Gasteiger partial charge is 0.253 e. The molecule has 0 aromatic heterocycles. The van der Waals surface area contributed by atoms with E-state index in [0.29, 0.717) is 30.6 Å². The lowest BCUT2D eigenvalue weighted by Gasteiger charge is -2.30. The normalized spacial score (nSPS) is 19.4. The van der Waals surface area contributed by atoms with Crippen molar-refractivity contribution in [1.82, 2.24) is 10.2 Å². The molecule has 102 valence electrons. The highest BCUT2D eigenvalue weighted by atomic mass is 16.2. The molecule has 5 heteroatoms. The topological polar surface area (TPSA) is 75.4 Å². The van der Waals surface area contributed by atoms with Crippen LogP contribution >= 0.6 is 0 Å². The average molecular weight is 261 g/mol. The van der Waals surface area contributed by atoms with Gasteiger partial charge in [-0.1, -0.05) is 12.1 Å². The standard InChI is InChI=1S/C14H19N3O2/c1-9-4-3-5-11(15)13(9)14(19)16-10-6-7-12(18)17(2)8-10/h3-5,10H,6-8,15H2,1-2H3,(H,16,19). The number of carbonyl (C=O) groups excluding carboxylic acids is 2. The summed E-state index contributed by atoms with van der Waals surface area (Å²) in [5.74, 6) is -0.0377. The first kappa shape index (κ1) is 13.4. The molecular formula is C14H19N3O2. The maximum Gasteiger partial charge on any atom is 0.253 e. The van der Waals surface area contributed by atoms with Crippen molar-refractivity contribution in [3.05, 3.63) is 29.3 Å². The Morgan fingerprint density at radius 2 is 2.21 bits per heavy atom. The largest absolute Gasteiger partial charge is 0.398 e. The molecule has 5 nitrogen and oxygen atoms in total. The number of amides is 2. The zero-order valence-corrected chi connectivity index (χ0v) is 11.3. The molecule has 0 spiro atoms. The van der Waals surface area contributed by atoms with E-state index in [-0.39, 0.29) is 17.9 Å². The minimum atomic E-state index is -0.164. The van der Waals surface area contributed by atoms with Crippen LogP contribution in [0.15, 0.2) is 18.2 Å². The Hall–Kier alpha value is -2.04. The van der Waals surface area contributed by atoms with Gasteiger partial charge in [-0.15, -0.1) is 0 Å². The summed E-state index contributed by atoms with van der Waals surface area (Å²) < 4.78 is 0. The van der Waals surface area contributed by atoms with E-state index >= 15 is 0 Å². The van der Waals surface area contributed by atoms with Crippen molar-refractivity contribution in [2.45, 2.75) is 25.8 Å². The highest BCUT2D eigenvalue weighted by Crippen LogP contribution is 2.17. The number of rotatable bonds is 2. The lowest BCUT2D eigenvalue weighted by Crippen LogP contribution is -2.48. The predicted molar refractivity (Wildman–Crippen MR) is 73.7 cm³/mol. The van der Waals surface area contributed by atoms with Crippen LogP contribution in [-0.2, 0) is 4.79 Å². The molecule has 19 heavy (non-hydrogen) atoms. The SMILES string of the molecule is Cc1cccc(N)c1C(=O)NC1CCC(=O)N(C)C1. The van der Waals surface area contributed by atoms with Crippen molar-refractivity contribution in [3.63, 3.8) is 0 Å². The maximum absolute atomic E-state index is 12.2. The van der Waals surface area contributed by atoms with Crippen LogP contribution in [0.3, 0.4) is 0 Å². The van der Waals surface area contributed by atoms with Crippen molar-refractivity contribution in [3.8, 4) is 0 Å². The van der Waals surface area contributed by atoms with E-state index in [1.165, 1.54) is 0 Å². The monoisotopic (exact) mass is 261 g/mol. The fourth-order valence-electron chi connectivity index (χ4n) is 2.39. The van der Waals surface area contributed by atoms with E-state index in [4.69, 9.17) is 5.73 Å². The zero-order chi connectivity index (χ0) is 14.0. The average Bonchev–Trinajstić information content (AvgIpc) is 2.33. The summed E-state index contributed by atoms with van der Waals surface area (Å²) in [6.07, 6.45) is 1.16. The number of carbonyl (C=O) groups is 2. The summed E-state index contributed by atoms with van der Waals surface area (Å²) in [7, 11) is 1.75. The molecule has 1 aliphatic heterocycles. The molecule has 0 bridgehead atoms. The van der Waals surface area contributed by atoms with Crippen LogP contribution in [0, 0.1) is 6.92 Å². The third-order valence-corrected chi connectivity index (χ3v) is 3.49. The van der Waals surface area contributed by atoms with Gasteiger partial charge in [-0.2, -0.15) is 0 Å². The Morgan fingerprint density at radius 1 is 1.47 bits per heavy atom. The van der Waals surface area contributed by atoms with Crippen molar-refractivity contribution in [2.24, 2.45) is 0 Å². The Labute approximate surface area is 112 Å². The molecule has 1 aromatic carbocycles. The molecule has 2 amide bonds. The van der Waals surface area contributed by atoms with Crippen LogP contribution in [0.1, 0.15) is 28.8 Å². The van der Waals surface area contributed by atoms with Crippen molar-refractivity contribution >= 4 is 17.5 Å². The number of nitrogen functional groups attached to an aromatic ring is 1. The molecule has 1 saturated heterocycles. The van der Waals surface area contributed by atoms with Gasteiger partial charge in [0.15, 0.2) is 0 Å². The molecule has 0 saturated carbocycles. The number of nitrogens with zero attached hydrogens (tertiary/aromatic N) is 1. The second kappa shape index (κ2) is 5.30. The number of benzene rings is 1. The fraction of sp³-hybridized carbons (Fsp3) is 0.429. The van der Waals surface area contributed by atoms with E-state index in [9.17, 15) is 9.59 Å². The van der Waals surface area contributed by atoms with Crippen LogP contribution in [0.25, 0.3) is 0 Å². The number of hydrogen-bond acceptors (Lipinski definition) is 3. The molecule has 0 aliphatic carbocycles. The number of likely N-dealkylation sites (N-methyl/N-ethyl adjacent to an activating group) is 1. The van der Waals surface area contributed by atoms with Gasteiger partial charge in [-0.05, 0) is 25.0 Å². The van der Waals surface area contributed by atoms with Gasteiger partial charge in [0.25, 0.3) is 5.91 Å². The molecule has 1 fully saturated rings. The van der Waals surface area contributed by atoms with Crippen LogP contribution in [0.4, 0.5) is 5.69 Å². The Bertz CT molecular complexity index is 493. The van der Waals surface area contributed by atoms with Crippen LogP contribution in [0.2, 0.25) is 0 Å². The number of aryl methyl sites for hydroxylation is 1. The second-order valence-electron chi connectivity index (χ2n) is 5.02. The molecule has 2 rings (SSSR count). The first-order valence-corrected chi connectivity index (χ1v) is 6.39. The summed E-state index contributed by atoms with van der Waals surface area (Å²) in [5.41, 5.74) is 7.72. The van der Waals surface area contributed by atoms with Crippen molar-refractivity contribution in [2.75, 3.05) is 19.3 Å². The molecule has 0 radical (unpaired) electrons. The van der Waals surface area contributed by atoms with Crippen molar-refractivity contribution in [1.29, 1.82) is 0 Å². The van der Waals surface area contributed by atoms with Gasteiger partial charge >= 0.3 is 0 Å². The van der Waals surface area contributed by atoms with E-state index in [2.05, 4.69) is 5.32 Å². The van der Waals surface area contributed by atoms with Gasteiger partial charge in [-0.3, -0.25) is 9.59 Å². The molecule has 1 unspecified atom stereocenters. The highest BCUT2D eigenvalue weighted by molar-refractivity contribution is 6.00. The van der Waals surface area contributed by atoms with Crippen LogP contribution < -0.4 is 11.1 Å². The first-order chi connectivity index (χ1) is 8.99. The first-order valence-electron chi connectivity index (χ1n) is 6.39. The van der Waals surface area contributed by atoms with E-state index in [1.54, 1.807) is 18.0 Å². The molecular weight excluding hydrogens is 242 g/mol. The lowest BCUT2D eigenvalue weighted by molar-refractivity contribution is -0.132. The van der Waals surface area contributed by atoms with Gasteiger partial charge in [0.2, 0.25) is 5.91 Å². The fourth-order valence-corrected chi connectivity index (χ4v) is 2.39. The third-order valence-electron chi connectivity index (χ3n) is 3.49. The number of likely N-dealkylation sites (tertiary alicyclic amines) is 1. The van der Waals surface area contributed by atoms with E-state index in [0.717, 1.165) is 5.56 Å². The number of anilines is 1. The summed E-state index contributed by atoms with van der Waals surface area (Å²) >= 11 is 0. The summed E-state index contributed by atoms with van der Waals surface area (Å²) in [5, 5.41) is 2.95. The van der Waals surface area contributed by atoms with Crippen molar-refractivity contribution < 1.29 is 9.59 Å². The lowest BCUT2D eigenvalue weighted by atomic mass is 10.0. The molecule has 3 N–H and O–H groups in total. The van der Waals surface area contributed by atoms with Gasteiger partial charge in [0.1, 0.15) is 0 Å². The van der Waals surface area contributed by atoms with Crippen LogP contribution in [0.5, 0.6) is 0 Å². The Balaban J connectivity index is 2.08. The minimum Gasteiger partial charge on any atom is -0.398 e. The Morgan fingerprint density at radius 3 is 2.84 bits per heavy atom. The van der Waals surface area contributed by atoms with Gasteiger partial charge in [-0.25, -0.2) is 0 Å². The zero-order valence-electron chi connectivity index (χ0n) is 11.3. The molecule has 1 aromatic rings. The molecule has 1 heterocycles. The molecule has 1 aliphatic rings. The maximum atomic E-state index is 12.2. The summed E-state index contributed by atoms with van der Waals surface area (Å²) in [6.45, 7) is 2.41. The summed E-state index contributed by atoms with van der Waals surface area (Å²) in [4.78, 5) is 25.3. The number of hydrogen-bond donors (Lipinski definition) is 2.